The number of carbonyl (C=O) groups is 2. The highest BCUT2D eigenvalue weighted by atomic mass is 19.4. The van der Waals surface area contributed by atoms with Gasteiger partial charge < -0.3 is 5.32 Å². The summed E-state index contributed by atoms with van der Waals surface area (Å²) in [5.74, 6) is -16.9. The molecule has 0 aliphatic carbocycles. The fourth-order valence-corrected chi connectivity index (χ4v) is 2.23. The Morgan fingerprint density at radius 1 is 0.900 bits per heavy atom. The van der Waals surface area contributed by atoms with Gasteiger partial charge in [0.05, 0.1) is 4.92 Å². The number of benzene rings is 2. The zero-order valence-electron chi connectivity index (χ0n) is 14.3. The molecule has 0 fully saturated rings. The zero-order chi connectivity index (χ0) is 22.9. The van der Waals surface area contributed by atoms with Crippen molar-refractivity contribution in [3.8, 4) is 0 Å². The average molecular weight is 438 g/mol. The number of nitro benzene ring substituents is 1. The van der Waals surface area contributed by atoms with Gasteiger partial charge in [0.2, 0.25) is 0 Å². The van der Waals surface area contributed by atoms with E-state index in [0.717, 1.165) is 5.32 Å². The van der Waals surface area contributed by atoms with Gasteiger partial charge in [-0.05, 0) is 12.1 Å². The van der Waals surface area contributed by atoms with Crippen LogP contribution < -0.4 is 5.32 Å². The minimum absolute atomic E-state index is 0.0713. The molecule has 1 amide bonds. The number of nitro groups is 1. The van der Waals surface area contributed by atoms with E-state index in [1.807, 2.05) is 0 Å². The van der Waals surface area contributed by atoms with E-state index in [2.05, 4.69) is 0 Å². The van der Waals surface area contributed by atoms with Crippen LogP contribution >= 0.6 is 0 Å². The third-order valence-corrected chi connectivity index (χ3v) is 3.77. The monoisotopic (exact) mass is 438 g/mol. The van der Waals surface area contributed by atoms with Crippen molar-refractivity contribution in [3.63, 3.8) is 0 Å². The van der Waals surface area contributed by atoms with Crippen LogP contribution in [0.4, 0.5) is 42.1 Å². The molecule has 0 bridgehead atoms. The fourth-order valence-electron chi connectivity index (χ4n) is 2.23. The highest BCUT2D eigenvalue weighted by Gasteiger charge is 2.76. The lowest BCUT2D eigenvalue weighted by Crippen LogP contribution is -2.57. The first-order chi connectivity index (χ1) is 13.7. The molecular weight excluding hydrogens is 429 g/mol. The summed E-state index contributed by atoms with van der Waals surface area (Å²) < 4.78 is 89.5. The summed E-state index contributed by atoms with van der Waals surface area (Å²) >= 11 is 0. The number of nitrogens with one attached hydrogen (secondary N) is 1. The zero-order valence-corrected chi connectivity index (χ0v) is 14.3. The maximum atomic E-state index is 13.5. The second-order valence-corrected chi connectivity index (χ2v) is 5.78. The van der Waals surface area contributed by atoms with Crippen molar-refractivity contribution >= 4 is 23.1 Å². The molecule has 0 atom stereocenters. The van der Waals surface area contributed by atoms with Crippen LogP contribution in [-0.2, 0) is 4.79 Å². The quantitative estimate of drug-likeness (QED) is 0.309. The molecule has 0 heterocycles. The first kappa shape index (κ1) is 22.8. The summed E-state index contributed by atoms with van der Waals surface area (Å²) in [6.45, 7) is 0. The Morgan fingerprint density at radius 3 is 1.97 bits per heavy atom. The number of amides is 1. The highest BCUT2D eigenvalue weighted by molar-refractivity contribution is 6.12. The molecule has 2 aromatic rings. The van der Waals surface area contributed by atoms with Gasteiger partial charge >= 0.3 is 23.9 Å². The smallest absolute Gasteiger partial charge is 0.321 e. The van der Waals surface area contributed by atoms with Gasteiger partial charge in [0, 0.05) is 17.3 Å². The van der Waals surface area contributed by atoms with E-state index >= 15 is 0 Å². The predicted octanol–water partition coefficient (Wildman–Crippen LogP) is 4.60. The molecule has 0 saturated heterocycles. The Balaban J connectivity index is 2.43. The predicted molar refractivity (Wildman–Crippen MR) is 87.5 cm³/mol. The first-order valence-electron chi connectivity index (χ1n) is 7.72. The van der Waals surface area contributed by atoms with Crippen LogP contribution in [0.2, 0.25) is 0 Å². The van der Waals surface area contributed by atoms with Crippen LogP contribution in [0.1, 0.15) is 15.9 Å². The van der Waals surface area contributed by atoms with E-state index in [9.17, 15) is 50.4 Å². The maximum Gasteiger partial charge on any atom is 0.460 e. The Hall–Kier alpha value is -3.51. The molecule has 0 aliphatic heterocycles. The SMILES string of the molecule is O=C(c1ccccc1)c1cc(NC(=O)C(F)(F)C(F)(F)C(F)(F)F)ccc1[N+](=O)[O-]. The van der Waals surface area contributed by atoms with E-state index in [1.54, 1.807) is 0 Å². The number of halogens is 7. The lowest BCUT2D eigenvalue weighted by atomic mass is 10.0. The number of anilines is 1. The standard InChI is InChI=1S/C17H9F7N2O4/c18-15(19,16(20,21)17(22,23)24)14(28)25-10-6-7-12(26(29)30)11(8-10)13(27)9-4-2-1-3-5-9/h1-8H,(H,25,28). The summed E-state index contributed by atoms with van der Waals surface area (Å²) in [5.41, 5.74) is -2.43. The van der Waals surface area contributed by atoms with Gasteiger partial charge in [-0.25, -0.2) is 0 Å². The lowest BCUT2D eigenvalue weighted by molar-refractivity contribution is -0.385. The second kappa shape index (κ2) is 7.72. The van der Waals surface area contributed by atoms with E-state index in [4.69, 9.17) is 0 Å². The van der Waals surface area contributed by atoms with Gasteiger partial charge in [0.1, 0.15) is 5.56 Å². The summed E-state index contributed by atoms with van der Waals surface area (Å²) in [6, 6.07) is 8.57. The summed E-state index contributed by atoms with van der Waals surface area (Å²) in [6.07, 6.45) is -6.72. The molecule has 160 valence electrons. The molecule has 13 heteroatoms. The number of carbonyl (C=O) groups excluding carboxylic acids is 2. The van der Waals surface area contributed by atoms with Crippen LogP contribution in [0.25, 0.3) is 0 Å². The van der Waals surface area contributed by atoms with Crippen molar-refractivity contribution in [1.82, 2.24) is 0 Å². The van der Waals surface area contributed by atoms with E-state index in [1.165, 1.54) is 30.3 Å². The topological polar surface area (TPSA) is 89.3 Å². The fraction of sp³-hybridized carbons (Fsp3) is 0.176. The molecule has 0 aromatic heterocycles. The van der Waals surface area contributed by atoms with Crippen molar-refractivity contribution in [3.05, 3.63) is 69.8 Å². The van der Waals surface area contributed by atoms with Gasteiger partial charge in [-0.3, -0.25) is 19.7 Å². The summed E-state index contributed by atoms with van der Waals surface area (Å²) in [4.78, 5) is 34.0. The molecule has 0 radical (unpaired) electrons. The Kier molecular flexibility index (Phi) is 5.86. The molecule has 2 aromatic carbocycles. The first-order valence-corrected chi connectivity index (χ1v) is 7.72. The molecule has 1 N–H and O–H groups in total. The van der Waals surface area contributed by atoms with Gasteiger partial charge in [0.15, 0.2) is 5.78 Å². The van der Waals surface area contributed by atoms with E-state index in [-0.39, 0.29) is 5.56 Å². The highest BCUT2D eigenvalue weighted by Crippen LogP contribution is 2.47. The van der Waals surface area contributed by atoms with E-state index in [0.29, 0.717) is 18.2 Å². The van der Waals surface area contributed by atoms with Crippen LogP contribution in [0.3, 0.4) is 0 Å². The third-order valence-electron chi connectivity index (χ3n) is 3.77. The molecule has 0 saturated carbocycles. The Labute approximate surface area is 162 Å². The van der Waals surface area contributed by atoms with Crippen LogP contribution in [0.5, 0.6) is 0 Å². The summed E-state index contributed by atoms with van der Waals surface area (Å²) in [5, 5.41) is 12.2. The third kappa shape index (κ3) is 4.09. The van der Waals surface area contributed by atoms with Crippen LogP contribution in [0.15, 0.2) is 48.5 Å². The largest absolute Gasteiger partial charge is 0.460 e. The molecule has 0 spiro atoms. The lowest BCUT2D eigenvalue weighted by Gasteiger charge is -2.27. The molecule has 2 rings (SSSR count). The molecular formula is C17H9F7N2O4. The number of hydrogen-bond acceptors (Lipinski definition) is 4. The van der Waals surface area contributed by atoms with Crippen molar-refractivity contribution in [2.24, 2.45) is 0 Å². The summed E-state index contributed by atoms with van der Waals surface area (Å²) in [7, 11) is 0. The van der Waals surface area contributed by atoms with Crippen molar-refractivity contribution in [1.29, 1.82) is 0 Å². The number of rotatable bonds is 6. The maximum absolute atomic E-state index is 13.5. The molecule has 30 heavy (non-hydrogen) atoms. The average Bonchev–Trinajstić information content (AvgIpc) is 2.66. The molecule has 6 nitrogen and oxygen atoms in total. The normalized spacial score (nSPS) is 12.4. The molecule has 0 unspecified atom stereocenters. The van der Waals surface area contributed by atoms with Crippen molar-refractivity contribution < 1.29 is 45.2 Å². The van der Waals surface area contributed by atoms with E-state index < -0.39 is 51.6 Å². The van der Waals surface area contributed by atoms with Crippen LogP contribution in [-0.4, -0.2) is 34.6 Å². The number of ketones is 1. The van der Waals surface area contributed by atoms with Gasteiger partial charge in [-0.2, -0.15) is 30.7 Å². The minimum atomic E-state index is -6.72. The number of alkyl halides is 7. The molecule has 0 aliphatic rings. The van der Waals surface area contributed by atoms with Crippen LogP contribution in [0, 0.1) is 10.1 Å². The van der Waals surface area contributed by atoms with Crippen molar-refractivity contribution in [2.45, 2.75) is 18.0 Å². The Morgan fingerprint density at radius 2 is 1.47 bits per heavy atom. The van der Waals surface area contributed by atoms with Crippen molar-refractivity contribution in [2.75, 3.05) is 5.32 Å². The number of hydrogen-bond donors (Lipinski definition) is 1. The second-order valence-electron chi connectivity index (χ2n) is 5.78. The minimum Gasteiger partial charge on any atom is -0.321 e. The van der Waals surface area contributed by atoms with Gasteiger partial charge in [0.25, 0.3) is 5.69 Å². The Bertz CT molecular complexity index is 991. The number of nitrogens with zero attached hydrogens (tertiary/aromatic N) is 1. The van der Waals surface area contributed by atoms with Gasteiger partial charge in [-0.1, -0.05) is 30.3 Å². The van der Waals surface area contributed by atoms with Gasteiger partial charge in [-0.15, -0.1) is 0 Å².